The summed E-state index contributed by atoms with van der Waals surface area (Å²) >= 11 is 0. The van der Waals surface area contributed by atoms with E-state index in [2.05, 4.69) is 14.4 Å². The van der Waals surface area contributed by atoms with Gasteiger partial charge in [0.2, 0.25) is 0 Å². The molecule has 0 fully saturated rings. The van der Waals surface area contributed by atoms with Gasteiger partial charge in [-0.25, -0.2) is 4.72 Å². The Morgan fingerprint density at radius 2 is 2.00 bits per heavy atom. The minimum absolute atomic E-state index is 0.106. The lowest BCUT2D eigenvalue weighted by atomic mass is 10.1. The van der Waals surface area contributed by atoms with E-state index in [0.29, 0.717) is 13.0 Å². The van der Waals surface area contributed by atoms with Gasteiger partial charge in [-0.1, -0.05) is 18.2 Å². The van der Waals surface area contributed by atoms with Crippen LogP contribution in [0.25, 0.3) is 10.9 Å². The van der Waals surface area contributed by atoms with E-state index in [-0.39, 0.29) is 6.04 Å². The quantitative estimate of drug-likeness (QED) is 0.751. The number of hydrogen-bond donors (Lipinski definition) is 3. The summed E-state index contributed by atoms with van der Waals surface area (Å²) in [4.78, 5) is 3.18. The van der Waals surface area contributed by atoms with E-state index in [0.717, 1.165) is 16.5 Å². The summed E-state index contributed by atoms with van der Waals surface area (Å²) in [6.07, 6.45) is 2.58. The van der Waals surface area contributed by atoms with E-state index in [1.54, 1.807) is 13.8 Å². The monoisotopic (exact) mass is 281 g/mol. The van der Waals surface area contributed by atoms with Crippen LogP contribution in [0.15, 0.2) is 30.5 Å². The van der Waals surface area contributed by atoms with Crippen molar-refractivity contribution in [3.8, 4) is 0 Å². The molecule has 0 bridgehead atoms. The first-order valence-electron chi connectivity index (χ1n) is 6.30. The molecule has 0 aliphatic heterocycles. The van der Waals surface area contributed by atoms with Crippen LogP contribution in [-0.4, -0.2) is 26.0 Å². The van der Waals surface area contributed by atoms with Gasteiger partial charge in [0.15, 0.2) is 0 Å². The lowest BCUT2D eigenvalue weighted by Crippen LogP contribution is -2.41. The van der Waals surface area contributed by atoms with Crippen molar-refractivity contribution in [2.75, 3.05) is 6.54 Å². The fraction of sp³-hybridized carbons (Fsp3) is 0.385. The van der Waals surface area contributed by atoms with Crippen molar-refractivity contribution in [3.63, 3.8) is 0 Å². The Morgan fingerprint density at radius 1 is 1.26 bits per heavy atom. The zero-order valence-corrected chi connectivity index (χ0v) is 11.9. The molecule has 5 nitrogen and oxygen atoms in total. The summed E-state index contributed by atoms with van der Waals surface area (Å²) in [6, 6.07) is 7.87. The van der Waals surface area contributed by atoms with E-state index < -0.39 is 10.2 Å². The summed E-state index contributed by atoms with van der Waals surface area (Å²) in [6.45, 7) is 3.96. The van der Waals surface area contributed by atoms with Crippen molar-refractivity contribution in [2.24, 2.45) is 0 Å². The number of H-pyrrole nitrogens is 1. The Balaban J connectivity index is 1.96. The van der Waals surface area contributed by atoms with Gasteiger partial charge < -0.3 is 4.98 Å². The van der Waals surface area contributed by atoms with Gasteiger partial charge in [-0.2, -0.15) is 13.1 Å². The molecule has 3 N–H and O–H groups in total. The molecule has 0 amide bonds. The molecule has 0 radical (unpaired) electrons. The number of aromatic amines is 1. The van der Waals surface area contributed by atoms with Crippen LogP contribution in [0.4, 0.5) is 0 Å². The van der Waals surface area contributed by atoms with Gasteiger partial charge in [-0.3, -0.25) is 0 Å². The normalized spacial score (nSPS) is 12.4. The average molecular weight is 281 g/mol. The van der Waals surface area contributed by atoms with Crippen LogP contribution in [0.3, 0.4) is 0 Å². The van der Waals surface area contributed by atoms with E-state index in [1.807, 2.05) is 30.5 Å². The molecule has 1 aromatic heterocycles. The first-order valence-corrected chi connectivity index (χ1v) is 7.78. The second kappa shape index (κ2) is 5.73. The highest BCUT2D eigenvalue weighted by atomic mass is 32.2. The van der Waals surface area contributed by atoms with Crippen molar-refractivity contribution in [1.29, 1.82) is 0 Å². The maximum atomic E-state index is 11.6. The largest absolute Gasteiger partial charge is 0.361 e. The number of aromatic nitrogens is 1. The zero-order valence-electron chi connectivity index (χ0n) is 11.1. The lowest BCUT2D eigenvalue weighted by Gasteiger charge is -2.10. The third kappa shape index (κ3) is 3.79. The fourth-order valence-electron chi connectivity index (χ4n) is 2.01. The number of nitrogens with one attached hydrogen (secondary N) is 3. The molecule has 0 spiro atoms. The number of para-hydroxylation sites is 1. The molecule has 2 rings (SSSR count). The van der Waals surface area contributed by atoms with E-state index in [4.69, 9.17) is 0 Å². The fourth-order valence-corrected chi connectivity index (χ4v) is 3.09. The second-order valence-electron chi connectivity index (χ2n) is 4.78. The minimum Gasteiger partial charge on any atom is -0.361 e. The molecule has 0 atom stereocenters. The SMILES string of the molecule is CC(C)NS(=O)(=O)NCCc1c[nH]c2ccccc12. The summed E-state index contributed by atoms with van der Waals surface area (Å²) < 4.78 is 28.2. The van der Waals surface area contributed by atoms with Gasteiger partial charge in [-0.05, 0) is 31.9 Å². The van der Waals surface area contributed by atoms with E-state index >= 15 is 0 Å². The Kier molecular flexibility index (Phi) is 4.24. The van der Waals surface area contributed by atoms with Gasteiger partial charge in [-0.15, -0.1) is 0 Å². The van der Waals surface area contributed by atoms with Gasteiger partial charge in [0.25, 0.3) is 10.2 Å². The highest BCUT2D eigenvalue weighted by molar-refractivity contribution is 7.87. The number of hydrogen-bond acceptors (Lipinski definition) is 2. The lowest BCUT2D eigenvalue weighted by molar-refractivity contribution is 0.555. The van der Waals surface area contributed by atoms with E-state index in [1.165, 1.54) is 0 Å². The molecule has 0 saturated carbocycles. The second-order valence-corrected chi connectivity index (χ2v) is 6.31. The van der Waals surface area contributed by atoms with Gasteiger partial charge >= 0.3 is 0 Å². The van der Waals surface area contributed by atoms with Gasteiger partial charge in [0.1, 0.15) is 0 Å². The maximum Gasteiger partial charge on any atom is 0.277 e. The van der Waals surface area contributed by atoms with Crippen LogP contribution in [-0.2, 0) is 16.6 Å². The molecule has 1 heterocycles. The van der Waals surface area contributed by atoms with Crippen LogP contribution in [0, 0.1) is 0 Å². The number of benzene rings is 1. The molecule has 1 aromatic carbocycles. The molecular formula is C13H19N3O2S. The third-order valence-corrected chi connectivity index (χ3v) is 4.12. The Hall–Kier alpha value is -1.37. The van der Waals surface area contributed by atoms with Crippen molar-refractivity contribution in [3.05, 3.63) is 36.0 Å². The van der Waals surface area contributed by atoms with Crippen LogP contribution in [0.2, 0.25) is 0 Å². The standard InChI is InChI=1S/C13H19N3O2S/c1-10(2)16-19(17,18)15-8-7-11-9-14-13-6-4-3-5-12(11)13/h3-6,9-10,14-16H,7-8H2,1-2H3. The Labute approximate surface area is 113 Å². The summed E-state index contributed by atoms with van der Waals surface area (Å²) in [5.41, 5.74) is 2.18. The molecule has 2 aromatic rings. The van der Waals surface area contributed by atoms with Crippen LogP contribution >= 0.6 is 0 Å². The third-order valence-electron chi connectivity index (χ3n) is 2.75. The molecule has 0 saturated heterocycles. The van der Waals surface area contributed by atoms with Crippen LogP contribution in [0.5, 0.6) is 0 Å². The Morgan fingerprint density at radius 3 is 2.74 bits per heavy atom. The molecule has 104 valence electrons. The van der Waals surface area contributed by atoms with Crippen molar-refractivity contribution in [2.45, 2.75) is 26.3 Å². The maximum absolute atomic E-state index is 11.6. The summed E-state index contributed by atoms with van der Waals surface area (Å²) in [5.74, 6) is 0. The predicted octanol–water partition coefficient (Wildman–Crippen LogP) is 1.54. The average Bonchev–Trinajstić information content (AvgIpc) is 2.71. The molecule has 0 aliphatic rings. The Bertz CT molecular complexity index is 647. The van der Waals surface area contributed by atoms with Crippen molar-refractivity contribution < 1.29 is 8.42 Å². The highest BCUT2D eigenvalue weighted by Gasteiger charge is 2.10. The summed E-state index contributed by atoms with van der Waals surface area (Å²) in [7, 11) is -3.40. The minimum atomic E-state index is -3.40. The topological polar surface area (TPSA) is 74.0 Å². The molecule has 19 heavy (non-hydrogen) atoms. The molecular weight excluding hydrogens is 262 g/mol. The van der Waals surface area contributed by atoms with Crippen LogP contribution in [0.1, 0.15) is 19.4 Å². The number of fused-ring (bicyclic) bond motifs is 1. The van der Waals surface area contributed by atoms with E-state index in [9.17, 15) is 8.42 Å². The van der Waals surface area contributed by atoms with Gasteiger partial charge in [0.05, 0.1) is 0 Å². The number of rotatable bonds is 6. The van der Waals surface area contributed by atoms with Gasteiger partial charge in [0, 0.05) is 29.7 Å². The van der Waals surface area contributed by atoms with Crippen molar-refractivity contribution in [1.82, 2.24) is 14.4 Å². The van der Waals surface area contributed by atoms with Crippen molar-refractivity contribution >= 4 is 21.1 Å². The zero-order chi connectivity index (χ0) is 13.9. The summed E-state index contributed by atoms with van der Waals surface area (Å²) in [5, 5.41) is 1.14. The first-order chi connectivity index (χ1) is 8.98. The smallest absolute Gasteiger partial charge is 0.277 e. The molecule has 6 heteroatoms. The first kappa shape index (κ1) is 14.0. The highest BCUT2D eigenvalue weighted by Crippen LogP contribution is 2.17. The molecule has 0 aliphatic carbocycles. The molecule has 0 unspecified atom stereocenters. The predicted molar refractivity (Wildman–Crippen MR) is 77.2 cm³/mol. The van der Waals surface area contributed by atoms with Crippen LogP contribution < -0.4 is 9.44 Å².